The summed E-state index contributed by atoms with van der Waals surface area (Å²) in [7, 11) is 3.25. The van der Waals surface area contributed by atoms with Crippen molar-refractivity contribution in [3.05, 3.63) is 71.8 Å². The zero-order valence-electron chi connectivity index (χ0n) is 17.8. The third-order valence-electron chi connectivity index (χ3n) is 5.67. The fourth-order valence-corrected chi connectivity index (χ4v) is 4.14. The second-order valence-electron chi connectivity index (χ2n) is 7.49. The molecule has 3 aromatic rings. The smallest absolute Gasteiger partial charge is 0.194 e. The van der Waals surface area contributed by atoms with Crippen LogP contribution in [0.25, 0.3) is 16.8 Å². The molecule has 1 atom stereocenters. The Hall–Kier alpha value is -4.07. The van der Waals surface area contributed by atoms with Crippen LogP contribution >= 0.6 is 0 Å². The van der Waals surface area contributed by atoms with Gasteiger partial charge in [0.05, 0.1) is 32.1 Å². The molecule has 2 aliphatic rings. The maximum atomic E-state index is 6.23. The molecule has 2 aromatic carbocycles. The number of nitrogens with two attached hydrogens (primary N) is 1. The van der Waals surface area contributed by atoms with E-state index in [9.17, 15) is 0 Å². The highest BCUT2D eigenvalue weighted by Crippen LogP contribution is 2.45. The van der Waals surface area contributed by atoms with Gasteiger partial charge in [0.1, 0.15) is 29.6 Å². The van der Waals surface area contributed by atoms with Gasteiger partial charge in [-0.2, -0.15) is 0 Å². The largest absolute Gasteiger partial charge is 0.496 e. The Morgan fingerprint density at radius 3 is 2.53 bits per heavy atom. The van der Waals surface area contributed by atoms with Crippen LogP contribution in [0, 0.1) is 0 Å². The van der Waals surface area contributed by atoms with Crippen molar-refractivity contribution in [2.75, 3.05) is 20.8 Å². The van der Waals surface area contributed by atoms with E-state index in [0.717, 1.165) is 33.5 Å². The van der Waals surface area contributed by atoms with Gasteiger partial charge < -0.3 is 25.3 Å². The van der Waals surface area contributed by atoms with Crippen molar-refractivity contribution >= 4 is 11.7 Å². The molecule has 3 heterocycles. The number of nitrogens with one attached hydrogen (secondary N) is 1. The van der Waals surface area contributed by atoms with Gasteiger partial charge in [-0.25, -0.2) is 15.0 Å². The van der Waals surface area contributed by atoms with Crippen molar-refractivity contribution in [3.8, 4) is 28.4 Å². The maximum absolute atomic E-state index is 6.23. The van der Waals surface area contributed by atoms with Gasteiger partial charge in [0.15, 0.2) is 5.96 Å². The highest BCUT2D eigenvalue weighted by molar-refractivity contribution is 5.94. The van der Waals surface area contributed by atoms with Gasteiger partial charge in [0, 0.05) is 36.5 Å². The van der Waals surface area contributed by atoms with Gasteiger partial charge in [-0.1, -0.05) is 24.3 Å². The van der Waals surface area contributed by atoms with E-state index in [1.807, 2.05) is 12.1 Å². The quantitative estimate of drug-likeness (QED) is 0.656. The summed E-state index contributed by atoms with van der Waals surface area (Å²) in [6.07, 6.45) is 5.80. The van der Waals surface area contributed by atoms with Crippen molar-refractivity contribution in [2.24, 2.45) is 10.7 Å². The number of ether oxygens (including phenoxy) is 3. The molecule has 3 N–H and O–H groups in total. The molecule has 0 saturated heterocycles. The van der Waals surface area contributed by atoms with Crippen molar-refractivity contribution in [2.45, 2.75) is 12.5 Å². The van der Waals surface area contributed by atoms with Gasteiger partial charge in [-0.05, 0) is 16.7 Å². The molecule has 8 nitrogen and oxygen atoms in total. The monoisotopic (exact) mass is 429 g/mol. The van der Waals surface area contributed by atoms with Crippen LogP contribution in [-0.4, -0.2) is 36.8 Å². The van der Waals surface area contributed by atoms with Gasteiger partial charge >= 0.3 is 0 Å². The normalized spacial score (nSPS) is 17.2. The molecule has 0 amide bonds. The van der Waals surface area contributed by atoms with Gasteiger partial charge in [0.25, 0.3) is 0 Å². The Bertz CT molecular complexity index is 1210. The van der Waals surface area contributed by atoms with Crippen molar-refractivity contribution in [3.63, 3.8) is 0 Å². The fourth-order valence-electron chi connectivity index (χ4n) is 4.14. The first-order valence-electron chi connectivity index (χ1n) is 10.3. The Kier molecular flexibility index (Phi) is 5.10. The molecular weight excluding hydrogens is 406 g/mol. The number of methoxy groups -OCH3 is 2. The van der Waals surface area contributed by atoms with Crippen molar-refractivity contribution in [1.82, 2.24) is 15.3 Å². The number of aromatic nitrogens is 2. The average Bonchev–Trinajstić information content (AvgIpc) is 3.03. The molecule has 0 aliphatic carbocycles. The van der Waals surface area contributed by atoms with Gasteiger partial charge in [0.2, 0.25) is 0 Å². The number of rotatable bonds is 4. The van der Waals surface area contributed by atoms with Crippen molar-refractivity contribution < 1.29 is 14.2 Å². The van der Waals surface area contributed by atoms with Crippen LogP contribution in [0.4, 0.5) is 0 Å². The first-order chi connectivity index (χ1) is 15.7. The van der Waals surface area contributed by atoms with E-state index in [0.29, 0.717) is 36.2 Å². The molecule has 0 saturated carbocycles. The van der Waals surface area contributed by atoms with E-state index in [4.69, 9.17) is 24.9 Å². The molecule has 0 bridgehead atoms. The molecule has 0 spiro atoms. The number of guanidine groups is 1. The number of hydrogen-bond acceptors (Lipinski definition) is 8. The van der Waals surface area contributed by atoms with Crippen LogP contribution in [-0.2, 0) is 0 Å². The zero-order valence-corrected chi connectivity index (χ0v) is 17.8. The predicted octanol–water partition coefficient (Wildman–Crippen LogP) is 3.31. The summed E-state index contributed by atoms with van der Waals surface area (Å²) < 4.78 is 17.2. The lowest BCUT2D eigenvalue weighted by molar-refractivity contribution is 0.315. The minimum atomic E-state index is -0.228. The number of fused-ring (bicyclic) bond motifs is 2. The first kappa shape index (κ1) is 19.9. The molecule has 2 aliphatic heterocycles. The van der Waals surface area contributed by atoms with E-state index >= 15 is 0 Å². The zero-order chi connectivity index (χ0) is 22.1. The summed E-state index contributed by atoms with van der Waals surface area (Å²) in [5.74, 6) is 2.35. The fraction of sp³-hybridized carbons (Fsp3) is 0.208. The molecule has 162 valence electrons. The molecule has 1 unspecified atom stereocenters. The Balaban J connectivity index is 1.59. The number of hydrogen-bond donors (Lipinski definition) is 2. The van der Waals surface area contributed by atoms with Gasteiger partial charge in [-0.15, -0.1) is 0 Å². The van der Waals surface area contributed by atoms with Crippen LogP contribution in [0.2, 0.25) is 0 Å². The summed E-state index contributed by atoms with van der Waals surface area (Å²) in [6.45, 7) is 0.509. The third-order valence-corrected chi connectivity index (χ3v) is 5.67. The van der Waals surface area contributed by atoms with E-state index in [1.165, 1.54) is 6.33 Å². The molecule has 0 radical (unpaired) electrons. The van der Waals surface area contributed by atoms with Crippen LogP contribution in [0.5, 0.6) is 17.2 Å². The van der Waals surface area contributed by atoms with E-state index < -0.39 is 0 Å². The minimum Gasteiger partial charge on any atom is -0.496 e. The molecule has 1 aromatic heterocycles. The second kappa shape index (κ2) is 8.22. The Morgan fingerprint density at radius 1 is 1.03 bits per heavy atom. The summed E-state index contributed by atoms with van der Waals surface area (Å²) in [4.78, 5) is 12.9. The van der Waals surface area contributed by atoms with Crippen LogP contribution in [0.3, 0.4) is 0 Å². The molecule has 0 fully saturated rings. The molecular formula is C24H23N5O3. The number of nitrogens with zero attached hydrogens (tertiary/aromatic N) is 3. The first-order valence-corrected chi connectivity index (χ1v) is 10.3. The van der Waals surface area contributed by atoms with Gasteiger partial charge in [-0.3, -0.25) is 0 Å². The van der Waals surface area contributed by atoms with Crippen molar-refractivity contribution in [1.29, 1.82) is 0 Å². The standard InChI is InChI=1S/C24H23N5O3/c1-30-17-9-19(31-2)21-20(10-17)32-8-7-18-22(28-24(25)29-23(18)21)15-5-3-14(4-6-15)16-11-26-13-27-12-16/h3-6,9-13,22H,7-8H2,1-2H3,(H3,25,28,29). The SMILES string of the molecule is COc1cc(OC)c2c(c1)OCCC1=C2NC(N)=NC1c1ccc(-c2cncnc2)cc1. The Morgan fingerprint density at radius 2 is 1.81 bits per heavy atom. The second-order valence-corrected chi connectivity index (χ2v) is 7.49. The van der Waals surface area contributed by atoms with Crippen LogP contribution in [0.15, 0.2) is 65.7 Å². The topological polar surface area (TPSA) is 104 Å². The Labute approximate surface area is 185 Å². The van der Waals surface area contributed by atoms with E-state index in [1.54, 1.807) is 26.6 Å². The lowest BCUT2D eigenvalue weighted by Crippen LogP contribution is -2.35. The average molecular weight is 429 g/mol. The maximum Gasteiger partial charge on any atom is 0.194 e. The van der Waals surface area contributed by atoms with E-state index in [-0.39, 0.29) is 6.04 Å². The molecule has 8 heteroatoms. The highest BCUT2D eigenvalue weighted by Gasteiger charge is 2.31. The summed E-state index contributed by atoms with van der Waals surface area (Å²) in [6, 6.07) is 11.7. The molecule has 5 rings (SSSR count). The number of benzene rings is 2. The van der Waals surface area contributed by atoms with Crippen LogP contribution < -0.4 is 25.3 Å². The lowest BCUT2D eigenvalue weighted by atomic mass is 9.90. The third kappa shape index (κ3) is 3.49. The summed E-state index contributed by atoms with van der Waals surface area (Å²) in [5.41, 5.74) is 12.1. The summed E-state index contributed by atoms with van der Waals surface area (Å²) >= 11 is 0. The highest BCUT2D eigenvalue weighted by atomic mass is 16.5. The molecule has 32 heavy (non-hydrogen) atoms. The van der Waals surface area contributed by atoms with E-state index in [2.05, 4.69) is 39.6 Å². The number of aliphatic imine (C=N–C) groups is 1. The predicted molar refractivity (Wildman–Crippen MR) is 122 cm³/mol. The summed E-state index contributed by atoms with van der Waals surface area (Å²) in [5, 5.41) is 3.25. The van der Waals surface area contributed by atoms with Crippen LogP contribution in [0.1, 0.15) is 23.6 Å². The minimum absolute atomic E-state index is 0.228. The lowest BCUT2D eigenvalue weighted by Gasteiger charge is -2.27.